The first-order valence-electron chi connectivity index (χ1n) is 7.63. The lowest BCUT2D eigenvalue weighted by molar-refractivity contribution is -0.139. The van der Waals surface area contributed by atoms with Crippen molar-refractivity contribution in [3.8, 4) is 11.8 Å². The van der Waals surface area contributed by atoms with Crippen LogP contribution in [-0.2, 0) is 9.59 Å². The van der Waals surface area contributed by atoms with E-state index in [2.05, 4.69) is 21.2 Å². The van der Waals surface area contributed by atoms with E-state index in [0.29, 0.717) is 20.7 Å². The maximum Gasteiger partial charge on any atom is 0.341 e. The van der Waals surface area contributed by atoms with Crippen LogP contribution in [0, 0.1) is 18.3 Å². The molecule has 0 saturated carbocycles. The number of nitrogens with one attached hydrogen (secondary N) is 1. The highest BCUT2D eigenvalue weighted by molar-refractivity contribution is 9.10. The minimum Gasteiger partial charge on any atom is -0.481 e. The molecule has 0 aromatic heterocycles. The zero-order valence-electron chi connectivity index (χ0n) is 14.1. The van der Waals surface area contributed by atoms with Gasteiger partial charge in [0.1, 0.15) is 17.4 Å². The second-order valence-corrected chi connectivity index (χ2v) is 6.80. The predicted molar refractivity (Wildman–Crippen MR) is 106 cm³/mol. The highest BCUT2D eigenvalue weighted by atomic mass is 79.9. The van der Waals surface area contributed by atoms with Gasteiger partial charge in [0.25, 0.3) is 5.91 Å². The zero-order valence-corrected chi connectivity index (χ0v) is 16.5. The second-order valence-electron chi connectivity index (χ2n) is 5.45. The number of carboxylic acid groups (broad SMARTS) is 1. The van der Waals surface area contributed by atoms with Crippen LogP contribution in [0.4, 0.5) is 5.69 Å². The van der Waals surface area contributed by atoms with Gasteiger partial charge in [-0.05, 0) is 48.9 Å². The molecule has 0 heterocycles. The number of hydrogen-bond acceptors (Lipinski definition) is 4. The van der Waals surface area contributed by atoms with Gasteiger partial charge in [0.15, 0.2) is 6.61 Å². The summed E-state index contributed by atoms with van der Waals surface area (Å²) in [5, 5.41) is 21.3. The van der Waals surface area contributed by atoms with Crippen molar-refractivity contribution in [3.05, 3.63) is 62.6 Å². The maximum absolute atomic E-state index is 12.5. The van der Waals surface area contributed by atoms with Crippen LogP contribution in [-0.4, -0.2) is 23.6 Å². The monoisotopic (exact) mass is 448 g/mol. The second kappa shape index (κ2) is 9.21. The van der Waals surface area contributed by atoms with E-state index in [1.165, 1.54) is 6.08 Å². The molecule has 0 aliphatic heterocycles. The van der Waals surface area contributed by atoms with E-state index in [-0.39, 0.29) is 11.3 Å². The van der Waals surface area contributed by atoms with Crippen molar-refractivity contribution in [3.63, 3.8) is 0 Å². The van der Waals surface area contributed by atoms with E-state index in [9.17, 15) is 14.9 Å². The number of aliphatic carboxylic acids is 1. The van der Waals surface area contributed by atoms with Crippen molar-refractivity contribution >= 4 is 51.2 Å². The molecule has 2 aromatic rings. The minimum atomic E-state index is -1.14. The van der Waals surface area contributed by atoms with Crippen LogP contribution in [0.2, 0.25) is 5.02 Å². The maximum atomic E-state index is 12.5. The van der Waals surface area contributed by atoms with Crippen molar-refractivity contribution in [2.24, 2.45) is 0 Å². The van der Waals surface area contributed by atoms with Crippen LogP contribution in [0.15, 0.2) is 46.4 Å². The molecule has 0 aliphatic carbocycles. The van der Waals surface area contributed by atoms with Crippen LogP contribution in [0.1, 0.15) is 11.1 Å². The number of hydrogen-bond donors (Lipinski definition) is 2. The van der Waals surface area contributed by atoms with Crippen LogP contribution in [0.3, 0.4) is 0 Å². The fourth-order valence-corrected chi connectivity index (χ4v) is 2.68. The van der Waals surface area contributed by atoms with Crippen molar-refractivity contribution < 1.29 is 19.4 Å². The van der Waals surface area contributed by atoms with E-state index in [1.54, 1.807) is 43.3 Å². The molecule has 0 fully saturated rings. The van der Waals surface area contributed by atoms with Gasteiger partial charge in [0.05, 0.1) is 0 Å². The first-order valence-corrected chi connectivity index (χ1v) is 8.80. The summed E-state index contributed by atoms with van der Waals surface area (Å²) in [7, 11) is 0. The zero-order chi connectivity index (χ0) is 20.0. The highest BCUT2D eigenvalue weighted by Gasteiger charge is 2.13. The molecular weight excluding hydrogens is 436 g/mol. The standard InChI is InChI=1S/C19H14BrClN2O4/c1-11-2-4-15(21)8-16(11)23-19(26)13(9-22)6-12-7-14(20)3-5-17(12)27-10-18(24)25/h2-8H,10H2,1H3,(H,23,26)(H,24,25)/b13-6+. The molecule has 1 amide bonds. The Morgan fingerprint density at radius 2 is 2.07 bits per heavy atom. The molecule has 0 bridgehead atoms. The van der Waals surface area contributed by atoms with Gasteiger partial charge in [-0.3, -0.25) is 4.79 Å². The summed E-state index contributed by atoms with van der Waals surface area (Å²) in [5.41, 5.74) is 1.50. The average Bonchev–Trinajstić information content (AvgIpc) is 2.61. The average molecular weight is 450 g/mol. The van der Waals surface area contributed by atoms with E-state index in [4.69, 9.17) is 21.4 Å². The van der Waals surface area contributed by atoms with E-state index in [1.807, 2.05) is 6.07 Å². The number of carboxylic acids is 1. The lowest BCUT2D eigenvalue weighted by atomic mass is 10.1. The molecule has 27 heavy (non-hydrogen) atoms. The molecule has 0 spiro atoms. The van der Waals surface area contributed by atoms with E-state index in [0.717, 1.165) is 5.56 Å². The van der Waals surface area contributed by atoms with Crippen LogP contribution < -0.4 is 10.1 Å². The number of carbonyl (C=O) groups is 2. The van der Waals surface area contributed by atoms with Gasteiger partial charge < -0.3 is 15.2 Å². The number of nitrogens with zero attached hydrogens (tertiary/aromatic N) is 1. The molecule has 8 heteroatoms. The quantitative estimate of drug-likeness (QED) is 0.502. The van der Waals surface area contributed by atoms with Gasteiger partial charge >= 0.3 is 5.97 Å². The van der Waals surface area contributed by atoms with Gasteiger partial charge in [-0.2, -0.15) is 5.26 Å². The predicted octanol–water partition coefficient (Wildman–Crippen LogP) is 4.42. The molecule has 2 rings (SSSR count). The number of halogens is 2. The van der Waals surface area contributed by atoms with Crippen molar-refractivity contribution in [1.82, 2.24) is 0 Å². The normalized spacial score (nSPS) is 10.8. The third kappa shape index (κ3) is 5.84. The van der Waals surface area contributed by atoms with Gasteiger partial charge in [-0.1, -0.05) is 33.6 Å². The van der Waals surface area contributed by atoms with Gasteiger partial charge in [-0.15, -0.1) is 0 Å². The third-order valence-corrected chi connectivity index (χ3v) is 4.16. The molecule has 6 nitrogen and oxygen atoms in total. The van der Waals surface area contributed by atoms with Crippen molar-refractivity contribution in [2.75, 3.05) is 11.9 Å². The number of anilines is 1. The summed E-state index contributed by atoms with van der Waals surface area (Å²) in [6.45, 7) is 1.26. The Morgan fingerprint density at radius 1 is 1.33 bits per heavy atom. The Labute approximate surface area is 169 Å². The molecule has 0 atom stereocenters. The Hall–Kier alpha value is -2.82. The summed E-state index contributed by atoms with van der Waals surface area (Å²) in [6.07, 6.45) is 1.33. The van der Waals surface area contributed by atoms with Gasteiger partial charge in [-0.25, -0.2) is 4.79 Å². The topological polar surface area (TPSA) is 99.4 Å². The smallest absolute Gasteiger partial charge is 0.341 e. The summed E-state index contributed by atoms with van der Waals surface area (Å²) in [6, 6.07) is 11.7. The summed E-state index contributed by atoms with van der Waals surface area (Å²) < 4.78 is 5.89. The van der Waals surface area contributed by atoms with E-state index < -0.39 is 18.5 Å². The van der Waals surface area contributed by atoms with Gasteiger partial charge in [0.2, 0.25) is 0 Å². The SMILES string of the molecule is Cc1ccc(Cl)cc1NC(=O)/C(C#N)=C/c1cc(Br)ccc1OCC(=O)O. The van der Waals surface area contributed by atoms with E-state index >= 15 is 0 Å². The van der Waals surface area contributed by atoms with Gasteiger partial charge in [0, 0.05) is 20.7 Å². The van der Waals surface area contributed by atoms with Crippen molar-refractivity contribution in [2.45, 2.75) is 6.92 Å². The Balaban J connectivity index is 2.33. The number of benzene rings is 2. The highest BCUT2D eigenvalue weighted by Crippen LogP contribution is 2.26. The summed E-state index contributed by atoms with van der Waals surface area (Å²) in [5.74, 6) is -1.52. The Morgan fingerprint density at radius 3 is 2.74 bits per heavy atom. The Bertz CT molecular complexity index is 967. The number of nitriles is 1. The van der Waals surface area contributed by atoms with Crippen molar-refractivity contribution in [1.29, 1.82) is 5.26 Å². The fourth-order valence-electron chi connectivity index (χ4n) is 2.13. The third-order valence-electron chi connectivity index (χ3n) is 3.44. The number of rotatable bonds is 6. The molecule has 0 radical (unpaired) electrons. The molecule has 0 unspecified atom stereocenters. The minimum absolute atomic E-state index is 0.173. The molecule has 2 N–H and O–H groups in total. The molecule has 0 saturated heterocycles. The number of aryl methyl sites for hydroxylation is 1. The van der Waals surface area contributed by atoms with Crippen LogP contribution >= 0.6 is 27.5 Å². The molecule has 138 valence electrons. The molecule has 0 aliphatic rings. The fraction of sp³-hybridized carbons (Fsp3) is 0.105. The molecular formula is C19H14BrClN2O4. The van der Waals surface area contributed by atoms with Crippen LogP contribution in [0.25, 0.3) is 6.08 Å². The summed E-state index contributed by atoms with van der Waals surface area (Å²) in [4.78, 5) is 23.2. The lowest BCUT2D eigenvalue weighted by Gasteiger charge is -2.10. The number of carbonyl (C=O) groups excluding carboxylic acids is 1. The first-order chi connectivity index (χ1) is 12.8. The number of amides is 1. The largest absolute Gasteiger partial charge is 0.481 e. The summed E-state index contributed by atoms with van der Waals surface area (Å²) >= 11 is 9.24. The number of ether oxygens (including phenoxy) is 1. The van der Waals surface area contributed by atoms with Crippen LogP contribution in [0.5, 0.6) is 5.75 Å². The Kier molecular flexibility index (Phi) is 6.99. The molecule has 2 aromatic carbocycles. The first kappa shape index (κ1) is 20.5. The lowest BCUT2D eigenvalue weighted by Crippen LogP contribution is -2.14.